The second kappa shape index (κ2) is 10.2. The molecule has 7 nitrogen and oxygen atoms in total. The van der Waals surface area contributed by atoms with E-state index >= 15 is 0 Å². The first-order valence-corrected chi connectivity index (χ1v) is 14.0. The number of sulfonamides is 1. The molecule has 0 fully saturated rings. The molecule has 0 saturated carbocycles. The molecule has 1 aliphatic rings. The number of esters is 1. The summed E-state index contributed by atoms with van der Waals surface area (Å²) in [4.78, 5) is 26.6. The van der Waals surface area contributed by atoms with Crippen LogP contribution in [0.5, 0.6) is 0 Å². The highest BCUT2D eigenvalue weighted by Crippen LogP contribution is 2.38. The van der Waals surface area contributed by atoms with E-state index in [0.29, 0.717) is 21.8 Å². The Hall–Kier alpha value is -3.17. The Balaban J connectivity index is 1.56. The van der Waals surface area contributed by atoms with Crippen LogP contribution in [0.25, 0.3) is 0 Å². The first-order chi connectivity index (χ1) is 16.7. The van der Waals surface area contributed by atoms with Gasteiger partial charge in [0, 0.05) is 10.4 Å². The summed E-state index contributed by atoms with van der Waals surface area (Å²) < 4.78 is 31.3. The monoisotopic (exact) mass is 512 g/mol. The average molecular weight is 513 g/mol. The molecule has 2 aromatic carbocycles. The van der Waals surface area contributed by atoms with Crippen LogP contribution in [0.1, 0.15) is 55.1 Å². The number of aryl methyl sites for hydroxylation is 2. The van der Waals surface area contributed by atoms with E-state index < -0.39 is 16.0 Å². The van der Waals surface area contributed by atoms with Gasteiger partial charge in [-0.05, 0) is 68.0 Å². The normalized spacial score (nSPS) is 13.1. The summed E-state index contributed by atoms with van der Waals surface area (Å²) in [6.07, 6.45) is 4.90. The molecular weight excluding hydrogens is 484 g/mol. The first kappa shape index (κ1) is 24.9. The lowest BCUT2D eigenvalue weighted by Crippen LogP contribution is -2.29. The van der Waals surface area contributed by atoms with Crippen molar-refractivity contribution in [3.8, 4) is 0 Å². The van der Waals surface area contributed by atoms with Gasteiger partial charge in [0.25, 0.3) is 5.91 Å². The van der Waals surface area contributed by atoms with E-state index in [9.17, 15) is 18.0 Å². The summed E-state index contributed by atoms with van der Waals surface area (Å²) in [6, 6.07) is 14.1. The summed E-state index contributed by atoms with van der Waals surface area (Å²) in [5, 5.41) is 3.37. The Morgan fingerprint density at radius 3 is 2.31 bits per heavy atom. The molecule has 184 valence electrons. The van der Waals surface area contributed by atoms with Crippen LogP contribution in [0.15, 0.2) is 48.5 Å². The fourth-order valence-electron chi connectivity index (χ4n) is 4.19. The average Bonchev–Trinajstić information content (AvgIpc) is 3.20. The number of rotatable bonds is 7. The number of hydrogen-bond donors (Lipinski definition) is 1. The molecule has 0 radical (unpaired) electrons. The predicted octanol–water partition coefficient (Wildman–Crippen LogP) is 4.94. The smallest absolute Gasteiger partial charge is 0.341 e. The summed E-state index contributed by atoms with van der Waals surface area (Å²) >= 11 is 1.42. The molecule has 0 aliphatic heterocycles. The van der Waals surface area contributed by atoms with Crippen LogP contribution >= 0.6 is 11.3 Å². The van der Waals surface area contributed by atoms with Gasteiger partial charge in [0.15, 0.2) is 0 Å². The number of methoxy groups -OCH3 is 1. The Kier molecular flexibility index (Phi) is 7.28. The van der Waals surface area contributed by atoms with Crippen LogP contribution in [0, 0.1) is 6.92 Å². The van der Waals surface area contributed by atoms with Gasteiger partial charge in [-0.3, -0.25) is 9.10 Å². The molecule has 0 atom stereocenters. The highest BCUT2D eigenvalue weighted by atomic mass is 32.2. The lowest BCUT2D eigenvalue weighted by Gasteiger charge is -2.23. The number of carbonyl (C=O) groups excluding carboxylic acids is 2. The van der Waals surface area contributed by atoms with Gasteiger partial charge in [0.2, 0.25) is 10.0 Å². The third kappa shape index (κ3) is 5.57. The molecule has 0 unspecified atom stereocenters. The minimum absolute atomic E-state index is 0.188. The van der Waals surface area contributed by atoms with Gasteiger partial charge in [-0.1, -0.05) is 29.8 Å². The van der Waals surface area contributed by atoms with Crippen LogP contribution in [-0.4, -0.2) is 33.7 Å². The molecule has 1 heterocycles. The van der Waals surface area contributed by atoms with E-state index in [4.69, 9.17) is 4.74 Å². The topological polar surface area (TPSA) is 92.8 Å². The highest BCUT2D eigenvalue weighted by molar-refractivity contribution is 7.92. The minimum Gasteiger partial charge on any atom is -0.465 e. The van der Waals surface area contributed by atoms with Crippen molar-refractivity contribution in [2.24, 2.45) is 0 Å². The van der Waals surface area contributed by atoms with Crippen LogP contribution in [0.2, 0.25) is 0 Å². The van der Waals surface area contributed by atoms with Crippen molar-refractivity contribution in [3.63, 3.8) is 0 Å². The maximum Gasteiger partial charge on any atom is 0.341 e. The second-order valence-corrected chi connectivity index (χ2v) is 11.7. The summed E-state index contributed by atoms with van der Waals surface area (Å²) in [5.74, 6) is -0.820. The van der Waals surface area contributed by atoms with Crippen LogP contribution in [0.3, 0.4) is 0 Å². The standard InChI is InChI=1S/C26H28N2O5S2/c1-17-8-10-18(11-9-17)16-28(35(3,31)32)20-14-12-19(13-15-20)24(29)27-25-23(26(30)33-2)21-6-4-5-7-22(21)34-25/h8-15H,4-7,16H2,1-3H3,(H,27,29). The van der Waals surface area contributed by atoms with Gasteiger partial charge in [0.1, 0.15) is 5.00 Å². The number of nitrogens with zero attached hydrogens (tertiary/aromatic N) is 1. The van der Waals surface area contributed by atoms with Gasteiger partial charge < -0.3 is 10.1 Å². The molecule has 9 heteroatoms. The molecular formula is C26H28N2O5S2. The highest BCUT2D eigenvalue weighted by Gasteiger charge is 2.27. The minimum atomic E-state index is -3.54. The molecule has 0 bridgehead atoms. The number of amides is 1. The van der Waals surface area contributed by atoms with E-state index in [2.05, 4.69) is 5.32 Å². The van der Waals surface area contributed by atoms with E-state index in [1.807, 2.05) is 31.2 Å². The largest absolute Gasteiger partial charge is 0.465 e. The lowest BCUT2D eigenvalue weighted by atomic mass is 9.95. The molecule has 0 saturated heterocycles. The van der Waals surface area contributed by atoms with E-state index in [1.165, 1.54) is 22.8 Å². The van der Waals surface area contributed by atoms with Crippen molar-refractivity contribution >= 4 is 43.9 Å². The van der Waals surface area contributed by atoms with Crippen LogP contribution < -0.4 is 9.62 Å². The Morgan fingerprint density at radius 1 is 1.03 bits per heavy atom. The van der Waals surface area contributed by atoms with Crippen molar-refractivity contribution in [1.82, 2.24) is 0 Å². The van der Waals surface area contributed by atoms with Crippen molar-refractivity contribution in [3.05, 3.63) is 81.2 Å². The zero-order chi connectivity index (χ0) is 25.2. The first-order valence-electron chi connectivity index (χ1n) is 11.3. The maximum atomic E-state index is 13.0. The van der Waals surface area contributed by atoms with Crippen molar-refractivity contribution in [1.29, 1.82) is 0 Å². The number of fused-ring (bicyclic) bond motifs is 1. The molecule has 1 amide bonds. The molecule has 1 aromatic heterocycles. The number of thiophene rings is 1. The zero-order valence-corrected chi connectivity index (χ0v) is 21.6. The molecule has 3 aromatic rings. The van der Waals surface area contributed by atoms with E-state index in [1.54, 1.807) is 24.3 Å². The molecule has 1 aliphatic carbocycles. The Labute approximate surface area is 209 Å². The van der Waals surface area contributed by atoms with Gasteiger partial charge in [-0.2, -0.15) is 0 Å². The third-order valence-corrected chi connectivity index (χ3v) is 8.40. The quantitative estimate of drug-likeness (QED) is 0.453. The SMILES string of the molecule is COC(=O)c1c(NC(=O)c2ccc(N(Cc3ccc(C)cc3)S(C)(=O)=O)cc2)sc2c1CCCC2. The summed E-state index contributed by atoms with van der Waals surface area (Å²) in [5.41, 5.74) is 4.19. The molecule has 0 spiro atoms. The summed E-state index contributed by atoms with van der Waals surface area (Å²) in [6.45, 7) is 2.16. The number of hydrogen-bond acceptors (Lipinski definition) is 6. The zero-order valence-electron chi connectivity index (χ0n) is 20.0. The number of carbonyl (C=O) groups is 2. The molecule has 35 heavy (non-hydrogen) atoms. The maximum absolute atomic E-state index is 13.0. The van der Waals surface area contributed by atoms with Gasteiger partial charge in [-0.15, -0.1) is 11.3 Å². The van der Waals surface area contributed by atoms with Crippen LogP contribution in [0.4, 0.5) is 10.7 Å². The number of ether oxygens (including phenoxy) is 1. The molecule has 4 rings (SSSR count). The van der Waals surface area contributed by atoms with Crippen molar-refractivity contribution < 1.29 is 22.7 Å². The van der Waals surface area contributed by atoms with Gasteiger partial charge >= 0.3 is 5.97 Å². The predicted molar refractivity (Wildman–Crippen MR) is 139 cm³/mol. The Morgan fingerprint density at radius 2 is 1.69 bits per heavy atom. The summed E-state index contributed by atoms with van der Waals surface area (Å²) in [7, 11) is -2.21. The molecule has 1 N–H and O–H groups in total. The van der Waals surface area contributed by atoms with Gasteiger partial charge in [0.05, 0.1) is 31.2 Å². The number of anilines is 2. The van der Waals surface area contributed by atoms with Gasteiger partial charge in [-0.25, -0.2) is 13.2 Å². The van der Waals surface area contributed by atoms with Crippen molar-refractivity contribution in [2.75, 3.05) is 23.0 Å². The lowest BCUT2D eigenvalue weighted by molar-refractivity contribution is 0.0601. The van der Waals surface area contributed by atoms with Crippen LogP contribution in [-0.2, 0) is 34.1 Å². The second-order valence-electron chi connectivity index (χ2n) is 8.66. The van der Waals surface area contributed by atoms with E-state index in [0.717, 1.165) is 53.5 Å². The fraction of sp³-hybridized carbons (Fsp3) is 0.308. The number of benzene rings is 2. The number of nitrogens with one attached hydrogen (secondary N) is 1. The van der Waals surface area contributed by atoms with E-state index in [-0.39, 0.29) is 12.5 Å². The third-order valence-electron chi connectivity index (χ3n) is 6.05. The fourth-order valence-corrected chi connectivity index (χ4v) is 6.35. The van der Waals surface area contributed by atoms with Crippen molar-refractivity contribution in [2.45, 2.75) is 39.2 Å². The Bertz CT molecular complexity index is 1340.